The highest BCUT2D eigenvalue weighted by atomic mass is 32.2. The molecule has 0 aromatic heterocycles. The first-order valence-corrected chi connectivity index (χ1v) is 8.24. The highest BCUT2D eigenvalue weighted by Gasteiger charge is 2.17. The number of aryl methyl sites for hydroxylation is 1. The Balaban J connectivity index is 2.33. The van der Waals surface area contributed by atoms with E-state index in [4.69, 9.17) is 4.74 Å². The van der Waals surface area contributed by atoms with Crippen LogP contribution in [0.25, 0.3) is 0 Å². The van der Waals surface area contributed by atoms with Crippen LogP contribution in [0.3, 0.4) is 0 Å². The van der Waals surface area contributed by atoms with E-state index in [0.29, 0.717) is 6.61 Å². The molecule has 0 spiro atoms. The van der Waals surface area contributed by atoms with Crippen LogP contribution in [0.2, 0.25) is 0 Å². The van der Waals surface area contributed by atoms with Crippen molar-refractivity contribution in [1.82, 2.24) is 5.32 Å². The fourth-order valence-corrected chi connectivity index (χ4v) is 2.46. The van der Waals surface area contributed by atoms with Crippen LogP contribution < -0.4 is 10.6 Å². The van der Waals surface area contributed by atoms with Gasteiger partial charge in [-0.25, -0.2) is 0 Å². The number of ether oxygens (including phenoxy) is 1. The molecule has 2 N–H and O–H groups in total. The Labute approximate surface area is 136 Å². The Morgan fingerprint density at radius 1 is 1.23 bits per heavy atom. The minimum Gasteiger partial charge on any atom is -0.383 e. The highest BCUT2D eigenvalue weighted by molar-refractivity contribution is 8.01. The number of hydrogen-bond donors (Lipinski definition) is 2. The Morgan fingerprint density at radius 3 is 2.45 bits per heavy atom. The maximum Gasteiger partial charge on any atom is 0.234 e. The fourth-order valence-electron chi connectivity index (χ4n) is 1.76. The predicted molar refractivity (Wildman–Crippen MR) is 91.2 cm³/mol. The first kappa shape index (κ1) is 18.5. The molecular formula is C16H24N2O3S. The van der Waals surface area contributed by atoms with Gasteiger partial charge < -0.3 is 15.4 Å². The number of benzene rings is 1. The van der Waals surface area contributed by atoms with Crippen molar-refractivity contribution in [2.24, 2.45) is 0 Å². The zero-order chi connectivity index (χ0) is 16.5. The SMILES string of the molecule is COCC(C)NC(=O)C(C)SCC(=O)Nc1ccc(C)cc1. The molecule has 2 unspecified atom stereocenters. The molecule has 2 atom stereocenters. The predicted octanol–water partition coefficient (Wildman–Crippen LogP) is 2.21. The number of carbonyl (C=O) groups is 2. The Bertz CT molecular complexity index is 491. The molecule has 6 heteroatoms. The van der Waals surface area contributed by atoms with E-state index < -0.39 is 0 Å². The molecule has 22 heavy (non-hydrogen) atoms. The van der Waals surface area contributed by atoms with Crippen molar-refractivity contribution in [1.29, 1.82) is 0 Å². The monoisotopic (exact) mass is 324 g/mol. The summed E-state index contributed by atoms with van der Waals surface area (Å²) in [5.74, 6) is 0.0392. The van der Waals surface area contributed by atoms with Crippen molar-refractivity contribution in [3.8, 4) is 0 Å². The van der Waals surface area contributed by atoms with E-state index in [1.54, 1.807) is 14.0 Å². The molecule has 0 aliphatic heterocycles. The first-order valence-electron chi connectivity index (χ1n) is 7.19. The second kappa shape index (κ2) is 9.48. The van der Waals surface area contributed by atoms with Gasteiger partial charge in [-0.2, -0.15) is 0 Å². The summed E-state index contributed by atoms with van der Waals surface area (Å²) in [6.45, 7) is 6.13. The summed E-state index contributed by atoms with van der Waals surface area (Å²) in [6.07, 6.45) is 0. The second-order valence-electron chi connectivity index (χ2n) is 5.23. The van der Waals surface area contributed by atoms with Crippen LogP contribution in [-0.4, -0.2) is 42.6 Å². The van der Waals surface area contributed by atoms with Crippen LogP contribution in [0.4, 0.5) is 5.69 Å². The van der Waals surface area contributed by atoms with Crippen LogP contribution in [0, 0.1) is 6.92 Å². The molecule has 0 aliphatic carbocycles. The molecule has 1 aromatic rings. The highest BCUT2D eigenvalue weighted by Crippen LogP contribution is 2.13. The van der Waals surface area contributed by atoms with Gasteiger partial charge in [-0.15, -0.1) is 11.8 Å². The van der Waals surface area contributed by atoms with E-state index in [-0.39, 0.29) is 28.9 Å². The zero-order valence-corrected chi connectivity index (χ0v) is 14.3. The molecule has 0 fully saturated rings. The molecule has 122 valence electrons. The van der Waals surface area contributed by atoms with E-state index in [2.05, 4.69) is 10.6 Å². The molecule has 0 radical (unpaired) electrons. The molecule has 1 aromatic carbocycles. The van der Waals surface area contributed by atoms with E-state index in [1.165, 1.54) is 11.8 Å². The number of thioether (sulfide) groups is 1. The molecule has 0 aliphatic rings. The van der Waals surface area contributed by atoms with Crippen molar-refractivity contribution >= 4 is 29.3 Å². The minimum atomic E-state index is -0.289. The van der Waals surface area contributed by atoms with Gasteiger partial charge in [0.1, 0.15) is 0 Å². The van der Waals surface area contributed by atoms with Gasteiger partial charge in [0.25, 0.3) is 0 Å². The van der Waals surface area contributed by atoms with Crippen LogP contribution in [0.5, 0.6) is 0 Å². The molecule has 1 rings (SSSR count). The standard InChI is InChI=1S/C16H24N2O3S/c1-11-5-7-14(8-6-11)18-15(19)10-22-13(3)16(20)17-12(2)9-21-4/h5-8,12-13H,9-10H2,1-4H3,(H,17,20)(H,18,19). The molecule has 5 nitrogen and oxygen atoms in total. The topological polar surface area (TPSA) is 67.4 Å². The van der Waals surface area contributed by atoms with Crippen LogP contribution in [-0.2, 0) is 14.3 Å². The van der Waals surface area contributed by atoms with Crippen LogP contribution >= 0.6 is 11.8 Å². The summed E-state index contributed by atoms with van der Waals surface area (Å²) in [5.41, 5.74) is 1.91. The second-order valence-corrected chi connectivity index (χ2v) is 6.56. The van der Waals surface area contributed by atoms with Gasteiger partial charge in [-0.1, -0.05) is 17.7 Å². The van der Waals surface area contributed by atoms with Gasteiger partial charge in [-0.05, 0) is 32.9 Å². The van der Waals surface area contributed by atoms with Crippen molar-refractivity contribution < 1.29 is 14.3 Å². The maximum absolute atomic E-state index is 11.9. The van der Waals surface area contributed by atoms with Gasteiger partial charge in [-0.3, -0.25) is 9.59 Å². The lowest BCUT2D eigenvalue weighted by Gasteiger charge is -2.16. The number of hydrogen-bond acceptors (Lipinski definition) is 4. The fraction of sp³-hybridized carbons (Fsp3) is 0.500. The van der Waals surface area contributed by atoms with Gasteiger partial charge in [0.05, 0.1) is 17.6 Å². The summed E-state index contributed by atoms with van der Waals surface area (Å²) in [5, 5.41) is 5.37. The number of anilines is 1. The summed E-state index contributed by atoms with van der Waals surface area (Å²) in [7, 11) is 1.59. The van der Waals surface area contributed by atoms with Crippen LogP contribution in [0.15, 0.2) is 24.3 Å². The quantitative estimate of drug-likeness (QED) is 0.769. The normalized spacial score (nSPS) is 13.3. The number of rotatable bonds is 8. The molecule has 0 heterocycles. The molecule has 0 bridgehead atoms. The van der Waals surface area contributed by atoms with Gasteiger partial charge in [0.15, 0.2) is 0 Å². The third-order valence-corrected chi connectivity index (χ3v) is 4.12. The largest absolute Gasteiger partial charge is 0.383 e. The summed E-state index contributed by atoms with van der Waals surface area (Å²) >= 11 is 1.31. The first-order chi connectivity index (χ1) is 10.4. The number of carbonyl (C=O) groups excluding carboxylic acids is 2. The molecule has 0 saturated carbocycles. The van der Waals surface area contributed by atoms with E-state index in [0.717, 1.165) is 11.3 Å². The van der Waals surface area contributed by atoms with Gasteiger partial charge >= 0.3 is 0 Å². The lowest BCUT2D eigenvalue weighted by Crippen LogP contribution is -2.40. The lowest BCUT2D eigenvalue weighted by molar-refractivity contribution is -0.121. The van der Waals surface area contributed by atoms with E-state index in [9.17, 15) is 9.59 Å². The molecule has 2 amide bonds. The Hall–Kier alpha value is -1.53. The number of amides is 2. The van der Waals surface area contributed by atoms with Crippen molar-refractivity contribution in [3.63, 3.8) is 0 Å². The van der Waals surface area contributed by atoms with Crippen LogP contribution in [0.1, 0.15) is 19.4 Å². The zero-order valence-electron chi connectivity index (χ0n) is 13.5. The summed E-state index contributed by atoms with van der Waals surface area (Å²) in [4.78, 5) is 23.8. The number of nitrogens with one attached hydrogen (secondary N) is 2. The minimum absolute atomic E-state index is 0.0399. The average molecular weight is 324 g/mol. The van der Waals surface area contributed by atoms with Crippen molar-refractivity contribution in [3.05, 3.63) is 29.8 Å². The van der Waals surface area contributed by atoms with Crippen molar-refractivity contribution in [2.45, 2.75) is 32.1 Å². The third kappa shape index (κ3) is 6.95. The van der Waals surface area contributed by atoms with Gasteiger partial charge in [0.2, 0.25) is 11.8 Å². The Morgan fingerprint density at radius 2 is 1.86 bits per heavy atom. The summed E-state index contributed by atoms with van der Waals surface area (Å²) in [6, 6.07) is 7.56. The Kier molecular flexibility index (Phi) is 7.98. The molecular weight excluding hydrogens is 300 g/mol. The van der Waals surface area contributed by atoms with Gasteiger partial charge in [0, 0.05) is 18.8 Å². The third-order valence-electron chi connectivity index (χ3n) is 2.97. The smallest absolute Gasteiger partial charge is 0.234 e. The number of methoxy groups -OCH3 is 1. The van der Waals surface area contributed by atoms with Crippen molar-refractivity contribution in [2.75, 3.05) is 24.8 Å². The molecule has 0 saturated heterocycles. The van der Waals surface area contributed by atoms with E-state index in [1.807, 2.05) is 38.1 Å². The maximum atomic E-state index is 11.9. The van der Waals surface area contributed by atoms with E-state index >= 15 is 0 Å². The summed E-state index contributed by atoms with van der Waals surface area (Å²) < 4.78 is 4.97. The average Bonchev–Trinajstić information content (AvgIpc) is 2.47. The lowest BCUT2D eigenvalue weighted by atomic mass is 10.2.